The van der Waals surface area contributed by atoms with Crippen molar-refractivity contribution in [3.05, 3.63) is 71.7 Å². The average Bonchev–Trinajstić information content (AvgIpc) is 3.39. The SMILES string of the molecule is COc1cnc2ccc(C(C)(F)c3nnc4c(F)cc(-c5cc(C)no5)cn34)cc2c1. The first kappa shape index (κ1) is 19.1. The lowest BCUT2D eigenvalue weighted by Gasteiger charge is -2.20. The smallest absolute Gasteiger partial charge is 0.197 e. The molecule has 7 nitrogen and oxygen atoms in total. The number of alkyl halides is 1. The predicted molar refractivity (Wildman–Crippen MR) is 109 cm³/mol. The molecule has 0 aliphatic heterocycles. The number of methoxy groups -OCH3 is 1. The van der Waals surface area contributed by atoms with E-state index in [1.54, 1.807) is 43.5 Å². The van der Waals surface area contributed by atoms with Crippen LogP contribution in [-0.4, -0.2) is 31.8 Å². The van der Waals surface area contributed by atoms with Gasteiger partial charge in [-0.25, -0.2) is 8.78 Å². The molecule has 0 spiro atoms. The van der Waals surface area contributed by atoms with Crippen LogP contribution in [0.1, 0.15) is 24.0 Å². The molecule has 0 N–H and O–H groups in total. The third kappa shape index (κ3) is 3.09. The predicted octanol–water partition coefficient (Wildman–Crippen LogP) is 4.62. The second kappa shape index (κ2) is 6.83. The summed E-state index contributed by atoms with van der Waals surface area (Å²) in [5.41, 5.74) is -0.0851. The molecular weight excluding hydrogens is 404 g/mol. The number of benzene rings is 1. The fourth-order valence-electron chi connectivity index (χ4n) is 3.55. The van der Waals surface area contributed by atoms with Gasteiger partial charge < -0.3 is 9.26 Å². The number of hydrogen-bond acceptors (Lipinski definition) is 6. The molecule has 0 aliphatic rings. The van der Waals surface area contributed by atoms with E-state index in [0.717, 1.165) is 0 Å². The molecule has 0 radical (unpaired) electrons. The highest BCUT2D eigenvalue weighted by Gasteiger charge is 2.35. The molecule has 0 saturated carbocycles. The van der Waals surface area contributed by atoms with Crippen molar-refractivity contribution in [3.8, 4) is 17.1 Å². The summed E-state index contributed by atoms with van der Waals surface area (Å²) >= 11 is 0. The van der Waals surface area contributed by atoms with E-state index in [1.165, 1.54) is 30.7 Å². The largest absolute Gasteiger partial charge is 0.495 e. The van der Waals surface area contributed by atoms with Crippen LogP contribution in [0.25, 0.3) is 27.9 Å². The summed E-state index contributed by atoms with van der Waals surface area (Å²) < 4.78 is 42.6. The Morgan fingerprint density at radius 1 is 1.13 bits per heavy atom. The molecule has 0 amide bonds. The van der Waals surface area contributed by atoms with E-state index >= 15 is 4.39 Å². The van der Waals surface area contributed by atoms with Gasteiger partial charge in [0.1, 0.15) is 5.75 Å². The second-order valence-electron chi connectivity index (χ2n) is 7.41. The Kier molecular flexibility index (Phi) is 4.21. The van der Waals surface area contributed by atoms with E-state index in [1.807, 2.05) is 0 Å². The Morgan fingerprint density at radius 2 is 1.97 bits per heavy atom. The second-order valence-corrected chi connectivity index (χ2v) is 7.41. The Labute approximate surface area is 175 Å². The van der Waals surface area contributed by atoms with Gasteiger partial charge in [0.25, 0.3) is 0 Å². The van der Waals surface area contributed by atoms with Crippen molar-refractivity contribution < 1.29 is 18.0 Å². The summed E-state index contributed by atoms with van der Waals surface area (Å²) in [5.74, 6) is 0.220. The zero-order chi connectivity index (χ0) is 21.8. The molecule has 5 aromatic rings. The molecule has 156 valence electrons. The summed E-state index contributed by atoms with van der Waals surface area (Å²) in [6.07, 6.45) is 3.13. The van der Waals surface area contributed by atoms with E-state index < -0.39 is 11.5 Å². The molecule has 31 heavy (non-hydrogen) atoms. The molecule has 4 heterocycles. The fraction of sp³-hybridized carbons (Fsp3) is 0.182. The topological polar surface area (TPSA) is 78.3 Å². The fourth-order valence-corrected chi connectivity index (χ4v) is 3.55. The van der Waals surface area contributed by atoms with Crippen molar-refractivity contribution in [1.29, 1.82) is 0 Å². The van der Waals surface area contributed by atoms with Crippen LogP contribution < -0.4 is 4.74 Å². The van der Waals surface area contributed by atoms with Gasteiger partial charge in [0.05, 0.1) is 24.5 Å². The zero-order valence-corrected chi connectivity index (χ0v) is 16.9. The molecule has 0 bridgehead atoms. The van der Waals surface area contributed by atoms with Crippen LogP contribution in [0.2, 0.25) is 0 Å². The molecular formula is C22H17F2N5O2. The molecule has 1 atom stereocenters. The van der Waals surface area contributed by atoms with Gasteiger partial charge in [-0.05, 0) is 43.7 Å². The lowest BCUT2D eigenvalue weighted by molar-refractivity contribution is 0.234. The number of pyridine rings is 2. The first-order chi connectivity index (χ1) is 14.9. The third-order valence-electron chi connectivity index (χ3n) is 5.23. The minimum atomic E-state index is -2.07. The van der Waals surface area contributed by atoms with Crippen LogP contribution in [0, 0.1) is 12.7 Å². The number of hydrogen-bond donors (Lipinski definition) is 0. The maximum atomic E-state index is 16.2. The Bertz CT molecular complexity index is 1440. The summed E-state index contributed by atoms with van der Waals surface area (Å²) in [5, 5.41) is 12.4. The lowest BCUT2D eigenvalue weighted by Crippen LogP contribution is -2.21. The van der Waals surface area contributed by atoms with E-state index in [4.69, 9.17) is 9.26 Å². The van der Waals surface area contributed by atoms with Crippen LogP contribution in [0.15, 0.2) is 53.3 Å². The number of aromatic nitrogens is 5. The van der Waals surface area contributed by atoms with Gasteiger partial charge in [-0.2, -0.15) is 0 Å². The van der Waals surface area contributed by atoms with Gasteiger partial charge in [-0.3, -0.25) is 9.38 Å². The van der Waals surface area contributed by atoms with Crippen LogP contribution in [0.4, 0.5) is 8.78 Å². The van der Waals surface area contributed by atoms with Crippen molar-refractivity contribution in [2.45, 2.75) is 19.5 Å². The standard InChI is InChI=1S/C22H17F2N5O2/c1-12-6-19(31-28-12)14-9-17(23)20-26-27-21(29(20)11-14)22(2,24)15-4-5-18-13(7-15)8-16(30-3)10-25-18/h4-11H,1-3H3. The van der Waals surface area contributed by atoms with Gasteiger partial charge in [-0.15, -0.1) is 10.2 Å². The lowest BCUT2D eigenvalue weighted by atomic mass is 9.95. The zero-order valence-electron chi connectivity index (χ0n) is 16.9. The minimum absolute atomic E-state index is 0.0605. The molecule has 1 aromatic carbocycles. The van der Waals surface area contributed by atoms with E-state index in [-0.39, 0.29) is 11.5 Å². The van der Waals surface area contributed by atoms with Gasteiger partial charge in [-0.1, -0.05) is 11.2 Å². The van der Waals surface area contributed by atoms with E-state index in [9.17, 15) is 4.39 Å². The first-order valence-corrected chi connectivity index (χ1v) is 9.48. The molecule has 9 heteroatoms. The van der Waals surface area contributed by atoms with E-state index in [0.29, 0.717) is 39.2 Å². The Hall–Kier alpha value is -3.88. The van der Waals surface area contributed by atoms with E-state index in [2.05, 4.69) is 20.3 Å². The quantitative estimate of drug-likeness (QED) is 0.421. The average molecular weight is 421 g/mol. The maximum absolute atomic E-state index is 16.2. The molecule has 0 aliphatic carbocycles. The summed E-state index contributed by atoms with van der Waals surface area (Å²) in [7, 11) is 1.54. The molecule has 1 unspecified atom stereocenters. The van der Waals surface area contributed by atoms with Crippen molar-refractivity contribution in [3.63, 3.8) is 0 Å². The summed E-state index contributed by atoms with van der Waals surface area (Å²) in [4.78, 5) is 4.30. The normalized spacial score (nSPS) is 13.6. The van der Waals surface area contributed by atoms with Crippen LogP contribution >= 0.6 is 0 Å². The molecule has 5 rings (SSSR count). The van der Waals surface area contributed by atoms with Gasteiger partial charge in [0.15, 0.2) is 28.7 Å². The number of nitrogens with zero attached hydrogens (tertiary/aromatic N) is 5. The molecule has 0 fully saturated rings. The maximum Gasteiger partial charge on any atom is 0.197 e. The van der Waals surface area contributed by atoms with Gasteiger partial charge in [0.2, 0.25) is 0 Å². The highest BCUT2D eigenvalue weighted by Crippen LogP contribution is 2.35. The number of aryl methyl sites for hydroxylation is 1. The van der Waals surface area contributed by atoms with Crippen LogP contribution in [-0.2, 0) is 5.67 Å². The molecule has 0 saturated heterocycles. The summed E-state index contributed by atoms with van der Waals surface area (Å²) in [6.45, 7) is 3.12. The van der Waals surface area contributed by atoms with Gasteiger partial charge >= 0.3 is 0 Å². The monoisotopic (exact) mass is 421 g/mol. The summed E-state index contributed by atoms with van der Waals surface area (Å²) in [6, 6.07) is 9.72. The number of ether oxygens (including phenoxy) is 1. The molecule has 4 aromatic heterocycles. The van der Waals surface area contributed by atoms with Gasteiger partial charge in [0, 0.05) is 23.2 Å². The number of rotatable bonds is 4. The minimum Gasteiger partial charge on any atom is -0.495 e. The van der Waals surface area contributed by atoms with Crippen molar-refractivity contribution in [2.75, 3.05) is 7.11 Å². The highest BCUT2D eigenvalue weighted by atomic mass is 19.1. The van der Waals surface area contributed by atoms with Crippen molar-refractivity contribution in [2.24, 2.45) is 0 Å². The van der Waals surface area contributed by atoms with Crippen molar-refractivity contribution in [1.82, 2.24) is 24.7 Å². The highest BCUT2D eigenvalue weighted by molar-refractivity contribution is 5.80. The number of fused-ring (bicyclic) bond motifs is 2. The van der Waals surface area contributed by atoms with Crippen LogP contribution in [0.3, 0.4) is 0 Å². The van der Waals surface area contributed by atoms with Crippen molar-refractivity contribution >= 4 is 16.6 Å². The first-order valence-electron chi connectivity index (χ1n) is 9.48. The third-order valence-corrected chi connectivity index (χ3v) is 5.23. The Balaban J connectivity index is 1.67. The van der Waals surface area contributed by atoms with Crippen LogP contribution in [0.5, 0.6) is 5.75 Å². The number of halogens is 2. The Morgan fingerprint density at radius 3 is 2.71 bits per heavy atom.